The summed E-state index contributed by atoms with van der Waals surface area (Å²) in [4.78, 5) is 28.4. The summed E-state index contributed by atoms with van der Waals surface area (Å²) in [7, 11) is 1.77. The van der Waals surface area contributed by atoms with Crippen LogP contribution >= 0.6 is 11.6 Å². The lowest BCUT2D eigenvalue weighted by atomic mass is 10.1. The van der Waals surface area contributed by atoms with Crippen molar-refractivity contribution >= 4 is 23.4 Å². The van der Waals surface area contributed by atoms with Crippen LogP contribution in [0, 0.1) is 0 Å². The summed E-state index contributed by atoms with van der Waals surface area (Å²) < 4.78 is 5.64. The first-order valence-electron chi connectivity index (χ1n) is 9.04. The molecule has 0 aromatic heterocycles. The number of halogens is 1. The number of piperazine rings is 1. The van der Waals surface area contributed by atoms with Gasteiger partial charge in [-0.3, -0.25) is 14.5 Å². The highest BCUT2D eigenvalue weighted by atomic mass is 35.5. The van der Waals surface area contributed by atoms with Crippen LogP contribution in [0.3, 0.4) is 0 Å². The van der Waals surface area contributed by atoms with Crippen LogP contribution in [0.5, 0.6) is 5.75 Å². The Kier molecular flexibility index (Phi) is 7.72. The minimum atomic E-state index is -0.385. The summed E-state index contributed by atoms with van der Waals surface area (Å²) in [5.74, 6) is 0.678. The second kappa shape index (κ2) is 9.78. The van der Waals surface area contributed by atoms with E-state index in [1.807, 2.05) is 26.0 Å². The van der Waals surface area contributed by atoms with Crippen molar-refractivity contribution in [2.45, 2.75) is 38.8 Å². The number of rotatable bonds is 8. The largest absolute Gasteiger partial charge is 0.494 e. The minimum Gasteiger partial charge on any atom is -0.494 e. The molecule has 0 spiro atoms. The molecular weight excluding hydrogens is 354 g/mol. The normalized spacial score (nSPS) is 17.9. The number of benzene rings is 1. The molecule has 1 atom stereocenters. The van der Waals surface area contributed by atoms with Crippen LogP contribution < -0.4 is 10.1 Å². The van der Waals surface area contributed by atoms with E-state index < -0.39 is 0 Å². The number of nitrogens with one attached hydrogen (secondary N) is 1. The highest BCUT2D eigenvalue weighted by Crippen LogP contribution is 2.16. The number of ether oxygens (including phenoxy) is 1. The van der Waals surface area contributed by atoms with Crippen molar-refractivity contribution in [2.24, 2.45) is 0 Å². The topological polar surface area (TPSA) is 61.9 Å². The van der Waals surface area contributed by atoms with Crippen molar-refractivity contribution in [3.8, 4) is 5.75 Å². The number of carbonyl (C=O) groups is 2. The lowest BCUT2D eigenvalue weighted by Crippen LogP contribution is -2.58. The van der Waals surface area contributed by atoms with Gasteiger partial charge in [-0.05, 0) is 44.5 Å². The molecule has 1 N–H and O–H groups in total. The first-order valence-corrected chi connectivity index (χ1v) is 9.42. The summed E-state index contributed by atoms with van der Waals surface area (Å²) in [5, 5.41) is 3.53. The molecule has 6 nitrogen and oxygen atoms in total. The van der Waals surface area contributed by atoms with E-state index in [1.165, 1.54) is 0 Å². The summed E-state index contributed by atoms with van der Waals surface area (Å²) in [6, 6.07) is 7.05. The Bertz CT molecular complexity index is 607. The van der Waals surface area contributed by atoms with E-state index >= 15 is 0 Å². The quantitative estimate of drug-likeness (QED) is 0.701. The van der Waals surface area contributed by atoms with Crippen LogP contribution in [-0.2, 0) is 9.59 Å². The molecule has 1 unspecified atom stereocenters. The van der Waals surface area contributed by atoms with Crippen LogP contribution in [0.4, 0.5) is 0 Å². The minimum absolute atomic E-state index is 0.0239. The van der Waals surface area contributed by atoms with Gasteiger partial charge < -0.3 is 15.0 Å². The first-order chi connectivity index (χ1) is 12.4. The van der Waals surface area contributed by atoms with Gasteiger partial charge in [-0.1, -0.05) is 11.6 Å². The molecular formula is C19H28ClN3O3. The van der Waals surface area contributed by atoms with E-state index in [0.717, 1.165) is 18.7 Å². The molecule has 26 heavy (non-hydrogen) atoms. The van der Waals surface area contributed by atoms with Gasteiger partial charge in [0.15, 0.2) is 0 Å². The molecule has 2 amide bonds. The molecule has 0 radical (unpaired) electrons. The molecule has 0 saturated carbocycles. The molecule has 2 rings (SSSR count). The maximum absolute atomic E-state index is 12.5. The van der Waals surface area contributed by atoms with Crippen molar-refractivity contribution in [1.29, 1.82) is 0 Å². The molecule has 1 aliphatic rings. The van der Waals surface area contributed by atoms with Crippen molar-refractivity contribution in [3.05, 3.63) is 29.3 Å². The average Bonchev–Trinajstić information content (AvgIpc) is 2.61. The lowest BCUT2D eigenvalue weighted by molar-refractivity contribution is -0.138. The van der Waals surface area contributed by atoms with Crippen molar-refractivity contribution < 1.29 is 14.3 Å². The second-order valence-corrected chi connectivity index (χ2v) is 7.25. The summed E-state index contributed by atoms with van der Waals surface area (Å²) in [5.41, 5.74) is 0. The van der Waals surface area contributed by atoms with Gasteiger partial charge in [0, 0.05) is 37.7 Å². The monoisotopic (exact) mass is 381 g/mol. The van der Waals surface area contributed by atoms with Gasteiger partial charge in [0.1, 0.15) is 5.75 Å². The number of hydrogen-bond donors (Lipinski definition) is 1. The maximum atomic E-state index is 12.5. The van der Waals surface area contributed by atoms with Crippen molar-refractivity contribution in [2.75, 3.05) is 33.3 Å². The fourth-order valence-corrected chi connectivity index (χ4v) is 3.15. The Morgan fingerprint density at radius 3 is 2.73 bits per heavy atom. The Labute approximate surface area is 160 Å². The average molecular weight is 382 g/mol. The smallest absolute Gasteiger partial charge is 0.237 e. The van der Waals surface area contributed by atoms with Gasteiger partial charge in [0.25, 0.3) is 0 Å². The van der Waals surface area contributed by atoms with E-state index in [1.54, 1.807) is 24.1 Å². The molecule has 7 heteroatoms. The van der Waals surface area contributed by atoms with E-state index in [0.29, 0.717) is 24.7 Å². The van der Waals surface area contributed by atoms with Gasteiger partial charge in [0.05, 0.1) is 19.1 Å². The standard InChI is InChI=1S/C19H28ClN3O3/c1-14(2)23-11-9-21-19(25)17(23)13-18(24)22(3)10-4-12-26-16-7-5-15(20)6-8-16/h5-8,14,17H,4,9-13H2,1-3H3,(H,21,25). The lowest BCUT2D eigenvalue weighted by Gasteiger charge is -2.38. The van der Waals surface area contributed by atoms with E-state index in [2.05, 4.69) is 10.2 Å². The Balaban J connectivity index is 1.75. The van der Waals surface area contributed by atoms with Gasteiger partial charge in [0.2, 0.25) is 11.8 Å². The third-order valence-electron chi connectivity index (χ3n) is 4.55. The van der Waals surface area contributed by atoms with Crippen LogP contribution in [-0.4, -0.2) is 67.0 Å². The van der Waals surface area contributed by atoms with Crippen molar-refractivity contribution in [3.63, 3.8) is 0 Å². The van der Waals surface area contributed by atoms with Gasteiger partial charge >= 0.3 is 0 Å². The highest BCUT2D eigenvalue weighted by Gasteiger charge is 2.33. The first kappa shape index (κ1) is 20.5. The Morgan fingerprint density at radius 2 is 2.08 bits per heavy atom. The van der Waals surface area contributed by atoms with Crippen LogP contribution in [0.25, 0.3) is 0 Å². The molecule has 1 aromatic rings. The van der Waals surface area contributed by atoms with E-state index in [4.69, 9.17) is 16.3 Å². The van der Waals surface area contributed by atoms with Crippen LogP contribution in [0.15, 0.2) is 24.3 Å². The molecule has 1 saturated heterocycles. The van der Waals surface area contributed by atoms with Gasteiger partial charge in [-0.2, -0.15) is 0 Å². The highest BCUT2D eigenvalue weighted by molar-refractivity contribution is 6.30. The molecule has 1 aromatic carbocycles. The van der Waals surface area contributed by atoms with Crippen LogP contribution in [0.2, 0.25) is 5.02 Å². The maximum Gasteiger partial charge on any atom is 0.237 e. The second-order valence-electron chi connectivity index (χ2n) is 6.81. The van der Waals surface area contributed by atoms with Gasteiger partial charge in [-0.15, -0.1) is 0 Å². The third-order valence-corrected chi connectivity index (χ3v) is 4.80. The Hall–Kier alpha value is -1.79. The summed E-state index contributed by atoms with van der Waals surface area (Å²) >= 11 is 5.84. The third kappa shape index (κ3) is 5.88. The molecule has 1 fully saturated rings. The molecule has 144 valence electrons. The number of amides is 2. The zero-order valence-corrected chi connectivity index (χ0v) is 16.5. The fraction of sp³-hybridized carbons (Fsp3) is 0.579. The summed E-state index contributed by atoms with van der Waals surface area (Å²) in [6.07, 6.45) is 0.925. The molecule has 1 heterocycles. The molecule has 0 aliphatic carbocycles. The zero-order valence-electron chi connectivity index (χ0n) is 15.7. The van der Waals surface area contributed by atoms with Crippen LogP contribution in [0.1, 0.15) is 26.7 Å². The fourth-order valence-electron chi connectivity index (χ4n) is 3.03. The molecule has 0 bridgehead atoms. The van der Waals surface area contributed by atoms with E-state index in [-0.39, 0.29) is 30.3 Å². The van der Waals surface area contributed by atoms with Crippen molar-refractivity contribution in [1.82, 2.24) is 15.1 Å². The summed E-state index contributed by atoms with van der Waals surface area (Å²) in [6.45, 7) is 6.62. The number of carbonyl (C=O) groups excluding carboxylic acids is 2. The number of hydrogen-bond acceptors (Lipinski definition) is 4. The molecule has 1 aliphatic heterocycles. The Morgan fingerprint density at radius 1 is 1.38 bits per heavy atom. The SMILES string of the molecule is CC(C)N1CCNC(=O)C1CC(=O)N(C)CCCOc1ccc(Cl)cc1. The van der Waals surface area contributed by atoms with Gasteiger partial charge in [-0.25, -0.2) is 0 Å². The number of nitrogens with zero attached hydrogens (tertiary/aromatic N) is 2. The predicted octanol–water partition coefficient (Wildman–Crippen LogP) is 2.17. The van der Waals surface area contributed by atoms with E-state index in [9.17, 15) is 9.59 Å². The zero-order chi connectivity index (χ0) is 19.1. The predicted molar refractivity (Wildman–Crippen MR) is 102 cm³/mol.